The summed E-state index contributed by atoms with van der Waals surface area (Å²) >= 11 is 1.19. The van der Waals surface area contributed by atoms with Crippen LogP contribution in [0.25, 0.3) is 10.6 Å². The average molecular weight is 382 g/mol. The number of thiophene rings is 1. The van der Waals surface area contributed by atoms with Gasteiger partial charge >= 0.3 is 5.97 Å². The van der Waals surface area contributed by atoms with Gasteiger partial charge in [0.15, 0.2) is 0 Å². The van der Waals surface area contributed by atoms with E-state index in [1.54, 1.807) is 24.4 Å². The van der Waals surface area contributed by atoms with Crippen LogP contribution in [0.15, 0.2) is 48.7 Å². The summed E-state index contributed by atoms with van der Waals surface area (Å²) in [6.07, 6.45) is 1.66. The van der Waals surface area contributed by atoms with Gasteiger partial charge in [0.05, 0.1) is 23.8 Å². The number of morpholine rings is 1. The van der Waals surface area contributed by atoms with Crippen LogP contribution in [0.5, 0.6) is 0 Å². The third-order valence-electron chi connectivity index (χ3n) is 4.20. The summed E-state index contributed by atoms with van der Waals surface area (Å²) in [7, 11) is 0. The Morgan fingerprint density at radius 3 is 2.81 bits per heavy atom. The first kappa shape index (κ1) is 17.4. The number of carboxylic acid groups (broad SMARTS) is 1. The Hall–Kier alpha value is -2.97. The maximum absolute atomic E-state index is 11.1. The number of aromatic nitrogens is 2. The fourth-order valence-corrected chi connectivity index (χ4v) is 3.69. The van der Waals surface area contributed by atoms with Crippen molar-refractivity contribution in [3.63, 3.8) is 0 Å². The van der Waals surface area contributed by atoms with Gasteiger partial charge in [-0.25, -0.2) is 14.8 Å². The van der Waals surface area contributed by atoms with Crippen LogP contribution in [0.2, 0.25) is 0 Å². The van der Waals surface area contributed by atoms with Crippen LogP contribution < -0.4 is 10.2 Å². The van der Waals surface area contributed by atoms with Crippen LogP contribution in [0, 0.1) is 0 Å². The number of carboxylic acids is 1. The molecule has 1 saturated heterocycles. The molecule has 3 heterocycles. The fraction of sp³-hybridized carbons (Fsp3) is 0.211. The first-order valence-electron chi connectivity index (χ1n) is 8.55. The van der Waals surface area contributed by atoms with Crippen molar-refractivity contribution in [1.82, 2.24) is 9.97 Å². The molecule has 2 aromatic heterocycles. The van der Waals surface area contributed by atoms with Gasteiger partial charge in [-0.3, -0.25) is 0 Å². The van der Waals surface area contributed by atoms with Crippen molar-refractivity contribution < 1.29 is 14.6 Å². The second-order valence-corrected chi connectivity index (χ2v) is 7.09. The van der Waals surface area contributed by atoms with Gasteiger partial charge in [0.2, 0.25) is 5.95 Å². The Bertz CT molecular complexity index is 953. The molecule has 0 radical (unpaired) electrons. The maximum Gasteiger partial charge on any atom is 0.345 e. The van der Waals surface area contributed by atoms with Gasteiger partial charge in [0, 0.05) is 30.7 Å². The van der Waals surface area contributed by atoms with Crippen LogP contribution in [0.1, 0.15) is 9.67 Å². The van der Waals surface area contributed by atoms with Gasteiger partial charge in [-0.2, -0.15) is 0 Å². The van der Waals surface area contributed by atoms with Gasteiger partial charge in [-0.05, 0) is 36.4 Å². The van der Waals surface area contributed by atoms with Crippen LogP contribution in [0.4, 0.5) is 17.3 Å². The summed E-state index contributed by atoms with van der Waals surface area (Å²) in [5.74, 6) is -0.463. The van der Waals surface area contributed by atoms with E-state index in [0.717, 1.165) is 42.6 Å². The Morgan fingerprint density at radius 2 is 2.04 bits per heavy atom. The molecule has 1 aliphatic heterocycles. The maximum atomic E-state index is 11.1. The molecule has 138 valence electrons. The van der Waals surface area contributed by atoms with Gasteiger partial charge in [-0.15, -0.1) is 11.3 Å². The second kappa shape index (κ2) is 7.73. The van der Waals surface area contributed by atoms with Gasteiger partial charge < -0.3 is 20.1 Å². The quantitative estimate of drug-likeness (QED) is 0.698. The number of aromatic carboxylic acids is 1. The molecule has 27 heavy (non-hydrogen) atoms. The lowest BCUT2D eigenvalue weighted by atomic mass is 10.2. The van der Waals surface area contributed by atoms with E-state index in [-0.39, 0.29) is 4.88 Å². The lowest BCUT2D eigenvalue weighted by molar-refractivity contribution is 0.0702. The number of ether oxygens (including phenoxy) is 1. The number of nitrogens with zero attached hydrogens (tertiary/aromatic N) is 3. The molecule has 0 atom stereocenters. The predicted octanol–water partition coefficient (Wildman–Crippen LogP) is 3.48. The summed E-state index contributed by atoms with van der Waals surface area (Å²) in [5, 5.41) is 12.3. The molecule has 0 unspecified atom stereocenters. The summed E-state index contributed by atoms with van der Waals surface area (Å²) in [6.45, 7) is 3.23. The molecular formula is C19H18N4O3S. The number of nitrogens with one attached hydrogen (secondary N) is 1. The summed E-state index contributed by atoms with van der Waals surface area (Å²) in [4.78, 5) is 23.2. The Labute approximate surface area is 160 Å². The number of carbonyl (C=O) groups is 1. The normalized spacial score (nSPS) is 14.1. The molecule has 0 saturated carbocycles. The molecular weight excluding hydrogens is 364 g/mol. The zero-order valence-electron chi connectivity index (χ0n) is 14.5. The minimum absolute atomic E-state index is 0.288. The van der Waals surface area contributed by atoms with E-state index in [2.05, 4.69) is 32.3 Å². The zero-order chi connectivity index (χ0) is 18.6. The van der Waals surface area contributed by atoms with Crippen molar-refractivity contribution in [2.45, 2.75) is 0 Å². The lowest BCUT2D eigenvalue weighted by Crippen LogP contribution is -2.36. The summed E-state index contributed by atoms with van der Waals surface area (Å²) < 4.78 is 5.41. The minimum atomic E-state index is -0.932. The van der Waals surface area contributed by atoms with E-state index in [4.69, 9.17) is 9.84 Å². The highest BCUT2D eigenvalue weighted by atomic mass is 32.1. The van der Waals surface area contributed by atoms with Crippen molar-refractivity contribution >= 4 is 34.6 Å². The van der Waals surface area contributed by atoms with Crippen molar-refractivity contribution in [3.8, 4) is 10.6 Å². The largest absolute Gasteiger partial charge is 0.477 e. The van der Waals surface area contributed by atoms with Gasteiger partial charge in [0.25, 0.3) is 0 Å². The van der Waals surface area contributed by atoms with Gasteiger partial charge in [0.1, 0.15) is 4.88 Å². The average Bonchev–Trinajstić information content (AvgIpc) is 3.20. The highest BCUT2D eigenvalue weighted by Crippen LogP contribution is 2.28. The van der Waals surface area contributed by atoms with E-state index in [9.17, 15) is 4.79 Å². The smallest absolute Gasteiger partial charge is 0.345 e. The van der Waals surface area contributed by atoms with Crippen molar-refractivity contribution in [2.24, 2.45) is 0 Å². The number of anilines is 3. The Kier molecular flexibility index (Phi) is 4.99. The first-order valence-corrected chi connectivity index (χ1v) is 9.37. The van der Waals surface area contributed by atoms with Gasteiger partial charge in [-0.1, -0.05) is 6.07 Å². The monoisotopic (exact) mass is 382 g/mol. The van der Waals surface area contributed by atoms with Crippen molar-refractivity contribution in [1.29, 1.82) is 0 Å². The highest BCUT2D eigenvalue weighted by Gasteiger charge is 2.12. The Morgan fingerprint density at radius 1 is 1.19 bits per heavy atom. The molecule has 2 N–H and O–H groups in total. The fourth-order valence-electron chi connectivity index (χ4n) is 2.88. The predicted molar refractivity (Wildman–Crippen MR) is 105 cm³/mol. The molecule has 1 fully saturated rings. The highest BCUT2D eigenvalue weighted by molar-refractivity contribution is 7.17. The van der Waals surface area contributed by atoms with E-state index in [1.807, 2.05) is 12.1 Å². The number of hydrogen-bond donors (Lipinski definition) is 2. The molecule has 0 spiro atoms. The van der Waals surface area contributed by atoms with E-state index >= 15 is 0 Å². The van der Waals surface area contributed by atoms with Crippen LogP contribution >= 0.6 is 11.3 Å². The zero-order valence-corrected chi connectivity index (χ0v) is 15.3. The Balaban J connectivity index is 1.53. The third-order valence-corrected chi connectivity index (χ3v) is 5.30. The molecule has 8 heteroatoms. The van der Waals surface area contributed by atoms with Crippen LogP contribution in [-0.4, -0.2) is 47.3 Å². The molecule has 3 aromatic rings. The molecule has 0 aliphatic carbocycles. The van der Waals surface area contributed by atoms with Crippen molar-refractivity contribution in [3.05, 3.63) is 53.5 Å². The third kappa shape index (κ3) is 4.07. The minimum Gasteiger partial charge on any atom is -0.477 e. The number of benzene rings is 1. The molecule has 1 aliphatic rings. The summed E-state index contributed by atoms with van der Waals surface area (Å²) in [5.41, 5.74) is 2.71. The molecule has 0 amide bonds. The first-order chi connectivity index (χ1) is 13.2. The SMILES string of the molecule is O=C(O)c1ccc(-c2ccnc(Nc3cccc(N4CCOCC4)c3)n2)s1. The van der Waals surface area contributed by atoms with Crippen LogP contribution in [-0.2, 0) is 4.74 Å². The van der Waals surface area contributed by atoms with E-state index < -0.39 is 5.97 Å². The molecule has 7 nitrogen and oxygen atoms in total. The van der Waals surface area contributed by atoms with E-state index in [1.165, 1.54) is 11.3 Å². The molecule has 1 aromatic carbocycles. The van der Waals surface area contributed by atoms with Crippen LogP contribution in [0.3, 0.4) is 0 Å². The number of hydrogen-bond acceptors (Lipinski definition) is 7. The van der Waals surface area contributed by atoms with Crippen molar-refractivity contribution in [2.75, 3.05) is 36.5 Å². The standard InChI is InChI=1S/C19H18N4O3S/c24-18(25)17-5-4-16(27-17)15-6-7-20-19(22-15)21-13-2-1-3-14(12-13)23-8-10-26-11-9-23/h1-7,12H,8-11H2,(H,24,25)(H,20,21,22). The second-order valence-electron chi connectivity index (χ2n) is 6.01. The topological polar surface area (TPSA) is 87.6 Å². The molecule has 0 bridgehead atoms. The lowest BCUT2D eigenvalue weighted by Gasteiger charge is -2.29. The summed E-state index contributed by atoms with van der Waals surface area (Å²) in [6, 6.07) is 13.2. The number of rotatable bonds is 5. The molecule has 4 rings (SSSR count). The van der Waals surface area contributed by atoms with E-state index in [0.29, 0.717) is 11.6 Å².